The van der Waals surface area contributed by atoms with Crippen molar-refractivity contribution in [2.45, 2.75) is 0 Å². The number of nitrogens with one attached hydrogen (secondary N) is 1. The van der Waals surface area contributed by atoms with E-state index in [9.17, 15) is 9.59 Å². The summed E-state index contributed by atoms with van der Waals surface area (Å²) in [6.45, 7) is 0. The van der Waals surface area contributed by atoms with Gasteiger partial charge in [-0.2, -0.15) is 0 Å². The van der Waals surface area contributed by atoms with Crippen LogP contribution in [-0.4, -0.2) is 21.9 Å². The molecule has 0 bridgehead atoms. The molecule has 0 fully saturated rings. The summed E-state index contributed by atoms with van der Waals surface area (Å²) in [5, 5.41) is 10.3. The molecule has 0 radical (unpaired) electrons. The Morgan fingerprint density at radius 2 is 1.25 bits per heavy atom. The molecule has 0 saturated heterocycles. The van der Waals surface area contributed by atoms with Crippen molar-refractivity contribution in [1.82, 2.24) is 10.2 Å². The molecule has 0 aliphatic carbocycles. The van der Waals surface area contributed by atoms with Gasteiger partial charge in [0.15, 0.2) is 5.78 Å². The smallest absolute Gasteiger partial charge is 0.322 e. The van der Waals surface area contributed by atoms with E-state index in [-0.39, 0.29) is 11.8 Å². The maximum atomic E-state index is 12.4. The van der Waals surface area contributed by atoms with E-state index in [0.717, 1.165) is 5.56 Å². The van der Waals surface area contributed by atoms with Crippen LogP contribution in [0.15, 0.2) is 89.3 Å². The van der Waals surface area contributed by atoms with Crippen molar-refractivity contribution in [1.29, 1.82) is 0 Å². The zero-order chi connectivity index (χ0) is 19.3. The van der Waals surface area contributed by atoms with E-state index in [0.29, 0.717) is 22.6 Å². The maximum absolute atomic E-state index is 12.4. The second-order valence-electron chi connectivity index (χ2n) is 6.01. The summed E-state index contributed by atoms with van der Waals surface area (Å²) < 4.78 is 5.47. The fourth-order valence-corrected chi connectivity index (χ4v) is 2.67. The molecule has 6 nitrogen and oxygen atoms in total. The molecular weight excluding hydrogens is 354 g/mol. The Labute approximate surface area is 160 Å². The summed E-state index contributed by atoms with van der Waals surface area (Å²) in [7, 11) is 0. The van der Waals surface area contributed by atoms with Crippen LogP contribution in [0.2, 0.25) is 0 Å². The van der Waals surface area contributed by atoms with Crippen molar-refractivity contribution < 1.29 is 14.0 Å². The van der Waals surface area contributed by atoms with Crippen LogP contribution in [-0.2, 0) is 0 Å². The van der Waals surface area contributed by atoms with Crippen LogP contribution in [0.4, 0.5) is 6.01 Å². The van der Waals surface area contributed by atoms with Crippen LogP contribution in [0.3, 0.4) is 0 Å². The number of carbonyl (C=O) groups is 2. The highest BCUT2D eigenvalue weighted by atomic mass is 16.4. The molecule has 6 heteroatoms. The summed E-state index contributed by atoms with van der Waals surface area (Å²) in [5.74, 6) is -0.182. The minimum Gasteiger partial charge on any atom is -0.403 e. The Bertz CT molecular complexity index is 1100. The van der Waals surface area contributed by atoms with Crippen molar-refractivity contribution >= 4 is 17.7 Å². The van der Waals surface area contributed by atoms with Gasteiger partial charge in [0, 0.05) is 22.3 Å². The molecule has 1 heterocycles. The second-order valence-corrected chi connectivity index (χ2v) is 6.01. The Kier molecular flexibility index (Phi) is 4.76. The standard InChI is InChI=1S/C22H15N3O3/c26-19(15-7-3-1-4-8-15)16-11-13-17(14-12-16)20(27)23-22-25-24-21(28-22)18-9-5-2-6-10-18/h1-14H,(H,23,25,27). The minimum atomic E-state index is -0.401. The number of carbonyl (C=O) groups excluding carboxylic acids is 2. The number of nitrogens with zero attached hydrogens (tertiary/aromatic N) is 2. The number of hydrogen-bond donors (Lipinski definition) is 1. The third kappa shape index (κ3) is 3.71. The van der Waals surface area contributed by atoms with Crippen LogP contribution in [0.5, 0.6) is 0 Å². The lowest BCUT2D eigenvalue weighted by Crippen LogP contribution is -2.12. The lowest BCUT2D eigenvalue weighted by atomic mass is 10.0. The van der Waals surface area contributed by atoms with E-state index in [1.54, 1.807) is 36.4 Å². The Balaban J connectivity index is 1.46. The molecule has 28 heavy (non-hydrogen) atoms. The Morgan fingerprint density at radius 3 is 1.93 bits per heavy atom. The van der Waals surface area contributed by atoms with Gasteiger partial charge in [-0.25, -0.2) is 0 Å². The highest BCUT2D eigenvalue weighted by Crippen LogP contribution is 2.19. The summed E-state index contributed by atoms with van der Waals surface area (Å²) >= 11 is 0. The number of anilines is 1. The predicted octanol–water partition coefficient (Wildman–Crippen LogP) is 4.22. The molecule has 136 valence electrons. The summed E-state index contributed by atoms with van der Waals surface area (Å²) in [5.41, 5.74) is 2.24. The predicted molar refractivity (Wildman–Crippen MR) is 104 cm³/mol. The van der Waals surface area contributed by atoms with Crippen LogP contribution < -0.4 is 5.32 Å². The molecule has 0 saturated carbocycles. The molecule has 4 rings (SSSR count). The van der Waals surface area contributed by atoms with Gasteiger partial charge in [-0.05, 0) is 24.3 Å². The Hall–Kier alpha value is -4.06. The Morgan fingerprint density at radius 1 is 0.679 bits per heavy atom. The minimum absolute atomic E-state index is 0.00768. The largest absolute Gasteiger partial charge is 0.403 e. The summed E-state index contributed by atoms with van der Waals surface area (Å²) in [6.07, 6.45) is 0. The molecule has 0 aliphatic heterocycles. The maximum Gasteiger partial charge on any atom is 0.322 e. The van der Waals surface area contributed by atoms with Crippen molar-refractivity contribution in [3.63, 3.8) is 0 Å². The number of hydrogen-bond acceptors (Lipinski definition) is 5. The van der Waals surface area contributed by atoms with E-state index in [2.05, 4.69) is 15.5 Å². The molecule has 0 spiro atoms. The topological polar surface area (TPSA) is 85.1 Å². The first-order valence-corrected chi connectivity index (χ1v) is 8.61. The fourth-order valence-electron chi connectivity index (χ4n) is 2.67. The average molecular weight is 369 g/mol. The highest BCUT2D eigenvalue weighted by molar-refractivity contribution is 6.10. The number of amides is 1. The molecule has 1 amide bonds. The van der Waals surface area contributed by atoms with Crippen LogP contribution in [0.25, 0.3) is 11.5 Å². The van der Waals surface area contributed by atoms with Crippen LogP contribution in [0, 0.1) is 0 Å². The molecule has 0 atom stereocenters. The highest BCUT2D eigenvalue weighted by Gasteiger charge is 2.14. The monoisotopic (exact) mass is 369 g/mol. The number of rotatable bonds is 5. The third-order valence-electron chi connectivity index (χ3n) is 4.11. The molecule has 1 aromatic heterocycles. The quantitative estimate of drug-likeness (QED) is 0.532. The van der Waals surface area contributed by atoms with Gasteiger partial charge in [0.05, 0.1) is 0 Å². The van der Waals surface area contributed by atoms with Crippen LogP contribution >= 0.6 is 0 Å². The van der Waals surface area contributed by atoms with Gasteiger partial charge in [0.25, 0.3) is 5.91 Å². The average Bonchev–Trinajstić information content (AvgIpc) is 3.23. The molecule has 0 unspecified atom stereocenters. The van der Waals surface area contributed by atoms with Gasteiger partial charge in [-0.1, -0.05) is 65.8 Å². The van der Waals surface area contributed by atoms with Gasteiger partial charge in [0.1, 0.15) is 0 Å². The van der Waals surface area contributed by atoms with E-state index in [1.165, 1.54) is 0 Å². The number of ketones is 1. The zero-order valence-electron chi connectivity index (χ0n) is 14.7. The number of benzene rings is 3. The van der Waals surface area contributed by atoms with Crippen molar-refractivity contribution in [3.05, 3.63) is 102 Å². The molecule has 4 aromatic rings. The van der Waals surface area contributed by atoms with E-state index < -0.39 is 5.91 Å². The third-order valence-corrected chi connectivity index (χ3v) is 4.11. The SMILES string of the molecule is O=C(Nc1nnc(-c2ccccc2)o1)c1ccc(C(=O)c2ccccc2)cc1. The molecular formula is C22H15N3O3. The number of aromatic nitrogens is 2. The second kappa shape index (κ2) is 7.67. The molecule has 1 N–H and O–H groups in total. The molecule has 0 aliphatic rings. The normalized spacial score (nSPS) is 10.4. The van der Waals surface area contributed by atoms with Crippen molar-refractivity contribution in [3.8, 4) is 11.5 Å². The molecule has 3 aromatic carbocycles. The van der Waals surface area contributed by atoms with E-state index in [4.69, 9.17) is 4.42 Å². The van der Waals surface area contributed by atoms with Crippen molar-refractivity contribution in [2.75, 3.05) is 5.32 Å². The van der Waals surface area contributed by atoms with Crippen molar-refractivity contribution in [2.24, 2.45) is 0 Å². The van der Waals surface area contributed by atoms with Gasteiger partial charge in [-0.15, -0.1) is 5.10 Å². The first-order valence-electron chi connectivity index (χ1n) is 8.61. The van der Waals surface area contributed by atoms with E-state index >= 15 is 0 Å². The van der Waals surface area contributed by atoms with E-state index in [1.807, 2.05) is 48.5 Å². The fraction of sp³-hybridized carbons (Fsp3) is 0. The van der Waals surface area contributed by atoms with Gasteiger partial charge in [-0.3, -0.25) is 14.9 Å². The van der Waals surface area contributed by atoms with Gasteiger partial charge >= 0.3 is 6.01 Å². The zero-order valence-corrected chi connectivity index (χ0v) is 14.7. The van der Waals surface area contributed by atoms with Gasteiger partial charge < -0.3 is 4.42 Å². The van der Waals surface area contributed by atoms with Crippen LogP contribution in [0.1, 0.15) is 26.3 Å². The summed E-state index contributed by atoms with van der Waals surface area (Å²) in [4.78, 5) is 24.8. The lowest BCUT2D eigenvalue weighted by Gasteiger charge is -2.04. The lowest BCUT2D eigenvalue weighted by molar-refractivity contribution is 0.101. The van der Waals surface area contributed by atoms with Gasteiger partial charge in [0.2, 0.25) is 5.89 Å². The summed E-state index contributed by atoms with van der Waals surface area (Å²) in [6, 6.07) is 24.7. The first-order chi connectivity index (χ1) is 13.7. The first kappa shape index (κ1) is 17.4.